The van der Waals surface area contributed by atoms with Gasteiger partial charge in [-0.15, -0.1) is 0 Å². The van der Waals surface area contributed by atoms with Gasteiger partial charge in [0.05, 0.1) is 41.8 Å². The zero-order valence-corrected chi connectivity index (χ0v) is 14.4. The third-order valence-corrected chi connectivity index (χ3v) is 3.04. The Morgan fingerprint density at radius 1 is 1.48 bits per heavy atom. The number of nitriles is 1. The minimum absolute atomic E-state index is 0.152. The molecule has 0 aliphatic rings. The van der Waals surface area contributed by atoms with Gasteiger partial charge in [0.1, 0.15) is 6.07 Å². The molecule has 0 atom stereocenters. The third kappa shape index (κ3) is 6.28. The maximum atomic E-state index is 9.32. The first kappa shape index (κ1) is 19.0. The van der Waals surface area contributed by atoms with Gasteiger partial charge >= 0.3 is 0 Å². The topological polar surface area (TPSA) is 104 Å². The van der Waals surface area contributed by atoms with Crippen LogP contribution in [0, 0.1) is 11.3 Å². The molecule has 0 bridgehead atoms. The molecule has 23 heavy (non-hydrogen) atoms. The van der Waals surface area contributed by atoms with Crippen molar-refractivity contribution in [2.24, 2.45) is 9.98 Å². The molecule has 7 nitrogen and oxygen atoms in total. The quantitative estimate of drug-likeness (QED) is 0.434. The van der Waals surface area contributed by atoms with E-state index in [1.165, 1.54) is 0 Å². The first-order valence-electron chi connectivity index (χ1n) is 6.85. The third-order valence-electron chi connectivity index (χ3n) is 2.67. The molecule has 0 fully saturated rings. The van der Waals surface area contributed by atoms with Gasteiger partial charge in [0.15, 0.2) is 5.17 Å². The molecule has 124 valence electrons. The average Bonchev–Trinajstić information content (AvgIpc) is 2.52. The van der Waals surface area contributed by atoms with E-state index in [1.54, 1.807) is 43.3 Å². The maximum Gasteiger partial charge on any atom is 0.189 e. The van der Waals surface area contributed by atoms with E-state index in [9.17, 15) is 14.9 Å². The number of amidine groups is 1. The highest BCUT2D eigenvalue weighted by Gasteiger charge is 2.16. The number of aliphatic hydroxyl groups is 1. The molecule has 1 aromatic rings. The average molecular weight is 335 g/mol. The highest BCUT2D eigenvalue weighted by molar-refractivity contribution is 8.09. The predicted molar refractivity (Wildman–Crippen MR) is 95.4 cm³/mol. The van der Waals surface area contributed by atoms with Crippen LogP contribution in [-0.2, 0) is 0 Å². The molecule has 0 spiro atoms. The summed E-state index contributed by atoms with van der Waals surface area (Å²) in [6, 6.07) is 7.16. The molecule has 0 heterocycles. The summed E-state index contributed by atoms with van der Waals surface area (Å²) in [5.41, 5.74) is 0.834. The summed E-state index contributed by atoms with van der Waals surface area (Å²) in [7, 11) is 3.69. The number of benzene rings is 1. The maximum absolute atomic E-state index is 9.32. The molecular weight excluding hydrogens is 314 g/mol. The first-order valence-corrected chi connectivity index (χ1v) is 7.62. The molecule has 3 N–H and O–H groups in total. The zero-order valence-electron chi connectivity index (χ0n) is 13.6. The zero-order chi connectivity index (χ0) is 17.5. The lowest BCUT2D eigenvalue weighted by molar-refractivity contribution is 0.223. The van der Waals surface area contributed by atoms with Crippen molar-refractivity contribution in [1.82, 2.24) is 4.90 Å². The van der Waals surface area contributed by atoms with E-state index >= 15 is 0 Å². The Morgan fingerprint density at radius 3 is 2.70 bits per heavy atom. The Bertz CT molecular complexity index is 635. The fraction of sp³-hybridized carbons (Fsp3) is 0.400. The predicted octanol–water partition coefficient (Wildman–Crippen LogP) is 2.52. The van der Waals surface area contributed by atoms with Crippen molar-refractivity contribution in [1.29, 1.82) is 5.26 Å². The fourth-order valence-electron chi connectivity index (χ4n) is 1.50. The van der Waals surface area contributed by atoms with Gasteiger partial charge in [0, 0.05) is 19.8 Å². The van der Waals surface area contributed by atoms with E-state index in [1.807, 2.05) is 14.1 Å². The Hall–Kier alpha value is -2.08. The summed E-state index contributed by atoms with van der Waals surface area (Å²) in [5.74, 6) is 0. The number of hydrogen-bond donors (Lipinski definition) is 3. The molecule has 0 aromatic heterocycles. The van der Waals surface area contributed by atoms with Crippen LogP contribution in [0.2, 0.25) is 0 Å². The largest absolute Gasteiger partial charge is 0.394 e. The molecule has 0 amide bonds. The molecule has 0 unspecified atom stereocenters. The second-order valence-corrected chi connectivity index (χ2v) is 6.22. The van der Waals surface area contributed by atoms with E-state index in [0.717, 1.165) is 0 Å². The Labute approximate surface area is 140 Å². The van der Waals surface area contributed by atoms with Crippen LogP contribution in [0.15, 0.2) is 28.2 Å². The second kappa shape index (κ2) is 8.53. The molecule has 0 saturated carbocycles. The molecule has 1 rings (SSSR count). The van der Waals surface area contributed by atoms with Crippen molar-refractivity contribution in [2.45, 2.75) is 19.4 Å². The Balaban J connectivity index is 3.04. The van der Waals surface area contributed by atoms with Crippen LogP contribution in [0.5, 0.6) is 0 Å². The number of nitrogens with zero attached hydrogens (tertiary/aromatic N) is 4. The van der Waals surface area contributed by atoms with Crippen molar-refractivity contribution in [3.8, 4) is 6.07 Å². The highest BCUT2D eigenvalue weighted by atomic mass is 32.2. The summed E-state index contributed by atoms with van der Waals surface area (Å²) in [6.07, 6.45) is 1.61. The van der Waals surface area contributed by atoms with Crippen LogP contribution in [0.4, 0.5) is 11.4 Å². The minimum Gasteiger partial charge on any atom is -0.394 e. The SMILES string of the molecule is CN(C)C=Nc1ccc(NC(=NC(C)(C)CO)SO)cc1C#N. The normalized spacial score (nSPS) is 12.3. The lowest BCUT2D eigenvalue weighted by atomic mass is 10.1. The van der Waals surface area contributed by atoms with E-state index in [2.05, 4.69) is 21.4 Å². The number of anilines is 1. The van der Waals surface area contributed by atoms with Crippen LogP contribution in [0.1, 0.15) is 19.4 Å². The van der Waals surface area contributed by atoms with Gasteiger partial charge in [-0.2, -0.15) is 5.26 Å². The van der Waals surface area contributed by atoms with Gasteiger partial charge in [-0.3, -0.25) is 4.99 Å². The smallest absolute Gasteiger partial charge is 0.189 e. The Kier molecular flexibility index (Phi) is 7.03. The van der Waals surface area contributed by atoms with Crippen LogP contribution in [-0.4, -0.2) is 52.3 Å². The molecule has 0 radical (unpaired) electrons. The van der Waals surface area contributed by atoms with E-state index in [-0.39, 0.29) is 11.8 Å². The summed E-state index contributed by atoms with van der Waals surface area (Å²) in [6.45, 7) is 3.33. The standard InChI is InChI=1S/C15H21N5O2S/c1-15(2,9-21)19-14(23-22)18-12-5-6-13(11(7-12)8-16)17-10-20(3)4/h5-7,10,21-22H,9H2,1-4H3,(H,18,19). The van der Waals surface area contributed by atoms with E-state index < -0.39 is 5.54 Å². The molecular formula is C15H21N5O2S. The van der Waals surface area contributed by atoms with Crippen LogP contribution in [0.25, 0.3) is 0 Å². The monoisotopic (exact) mass is 335 g/mol. The number of hydrogen-bond acceptors (Lipinski definition) is 6. The van der Waals surface area contributed by atoms with Crippen molar-refractivity contribution in [3.05, 3.63) is 23.8 Å². The number of aliphatic hydroxyl groups excluding tert-OH is 1. The van der Waals surface area contributed by atoms with Crippen LogP contribution < -0.4 is 5.32 Å². The van der Waals surface area contributed by atoms with E-state index in [0.29, 0.717) is 29.0 Å². The van der Waals surface area contributed by atoms with E-state index in [4.69, 9.17) is 0 Å². The second-order valence-electron chi connectivity index (χ2n) is 5.66. The molecule has 0 aliphatic heterocycles. The van der Waals surface area contributed by atoms with Gasteiger partial charge in [-0.05, 0) is 32.0 Å². The molecule has 0 aliphatic carbocycles. The number of nitrogens with one attached hydrogen (secondary N) is 1. The van der Waals surface area contributed by atoms with Crippen molar-refractivity contribution in [3.63, 3.8) is 0 Å². The lowest BCUT2D eigenvalue weighted by Crippen LogP contribution is -2.25. The lowest BCUT2D eigenvalue weighted by Gasteiger charge is -2.18. The van der Waals surface area contributed by atoms with Crippen LogP contribution >= 0.6 is 12.0 Å². The van der Waals surface area contributed by atoms with Crippen molar-refractivity contribution >= 4 is 34.9 Å². The summed E-state index contributed by atoms with van der Waals surface area (Å²) < 4.78 is 9.32. The van der Waals surface area contributed by atoms with Gasteiger partial charge in [-0.1, -0.05) is 0 Å². The highest BCUT2D eigenvalue weighted by Crippen LogP contribution is 2.23. The summed E-state index contributed by atoms with van der Waals surface area (Å²) in [5, 5.41) is 21.6. The van der Waals surface area contributed by atoms with Gasteiger partial charge < -0.3 is 19.9 Å². The van der Waals surface area contributed by atoms with Crippen molar-refractivity contribution < 1.29 is 9.66 Å². The van der Waals surface area contributed by atoms with Gasteiger partial charge in [0.2, 0.25) is 0 Å². The first-order chi connectivity index (χ1) is 10.8. The molecule has 0 saturated heterocycles. The number of aliphatic imine (C=N–C) groups is 2. The van der Waals surface area contributed by atoms with Crippen molar-refractivity contribution in [2.75, 3.05) is 26.0 Å². The van der Waals surface area contributed by atoms with Gasteiger partial charge in [0.25, 0.3) is 0 Å². The molecule has 1 aromatic carbocycles. The minimum atomic E-state index is -0.716. The fourth-order valence-corrected chi connectivity index (χ4v) is 1.95. The number of rotatable bonds is 5. The molecule has 8 heteroatoms. The Morgan fingerprint density at radius 2 is 2.17 bits per heavy atom. The van der Waals surface area contributed by atoms with Gasteiger partial charge in [-0.25, -0.2) is 4.99 Å². The van der Waals surface area contributed by atoms with Crippen LogP contribution in [0.3, 0.4) is 0 Å². The summed E-state index contributed by atoms with van der Waals surface area (Å²) in [4.78, 5) is 10.2. The summed E-state index contributed by atoms with van der Waals surface area (Å²) >= 11 is 0.447.